The van der Waals surface area contributed by atoms with Gasteiger partial charge < -0.3 is 11.1 Å². The van der Waals surface area contributed by atoms with Crippen LogP contribution in [0.25, 0.3) is 0 Å². The monoisotopic (exact) mass is 268 g/mol. The van der Waals surface area contributed by atoms with Crippen molar-refractivity contribution in [3.05, 3.63) is 34.9 Å². The molecule has 0 saturated heterocycles. The van der Waals surface area contributed by atoms with Crippen LogP contribution in [0.5, 0.6) is 0 Å². The standard InChI is InChI=1S/C14H21ClN2O/c1-9(2)13(16)8-14(18)17-10(3)11-4-6-12(15)7-5-11/h4-7,9-10,13H,8,16H2,1-3H3,(H,17,18)/t10-,13?/m0/s1. The van der Waals surface area contributed by atoms with Gasteiger partial charge in [-0.2, -0.15) is 0 Å². The number of carbonyl (C=O) groups excluding carboxylic acids is 1. The molecule has 0 saturated carbocycles. The van der Waals surface area contributed by atoms with Crippen LogP contribution < -0.4 is 11.1 Å². The first-order valence-corrected chi connectivity index (χ1v) is 6.58. The van der Waals surface area contributed by atoms with E-state index < -0.39 is 0 Å². The average molecular weight is 269 g/mol. The number of hydrogen-bond donors (Lipinski definition) is 2. The van der Waals surface area contributed by atoms with E-state index in [4.69, 9.17) is 17.3 Å². The summed E-state index contributed by atoms with van der Waals surface area (Å²) >= 11 is 5.82. The van der Waals surface area contributed by atoms with Crippen molar-refractivity contribution in [3.8, 4) is 0 Å². The highest BCUT2D eigenvalue weighted by Crippen LogP contribution is 2.16. The van der Waals surface area contributed by atoms with Gasteiger partial charge >= 0.3 is 0 Å². The van der Waals surface area contributed by atoms with E-state index in [2.05, 4.69) is 5.32 Å². The molecule has 1 rings (SSSR count). The Bertz CT molecular complexity index is 389. The number of amides is 1. The number of rotatable bonds is 5. The smallest absolute Gasteiger partial charge is 0.222 e. The van der Waals surface area contributed by atoms with Gasteiger partial charge in [-0.05, 0) is 30.5 Å². The molecule has 0 aromatic heterocycles. The Hall–Kier alpha value is -1.06. The van der Waals surface area contributed by atoms with Crippen molar-refractivity contribution in [1.82, 2.24) is 5.32 Å². The van der Waals surface area contributed by atoms with Crippen molar-refractivity contribution in [3.63, 3.8) is 0 Å². The average Bonchev–Trinajstić information content (AvgIpc) is 2.29. The van der Waals surface area contributed by atoms with Crippen LogP contribution >= 0.6 is 11.6 Å². The number of hydrogen-bond acceptors (Lipinski definition) is 2. The van der Waals surface area contributed by atoms with E-state index in [0.717, 1.165) is 5.56 Å². The molecule has 1 amide bonds. The molecule has 1 aromatic rings. The molecule has 100 valence electrons. The third-order valence-electron chi connectivity index (χ3n) is 3.02. The summed E-state index contributed by atoms with van der Waals surface area (Å²) in [4.78, 5) is 11.8. The van der Waals surface area contributed by atoms with Crippen LogP contribution in [0.1, 0.15) is 38.8 Å². The summed E-state index contributed by atoms with van der Waals surface area (Å²) in [6.07, 6.45) is 0.357. The topological polar surface area (TPSA) is 55.1 Å². The van der Waals surface area contributed by atoms with E-state index in [0.29, 0.717) is 17.4 Å². The molecule has 18 heavy (non-hydrogen) atoms. The van der Waals surface area contributed by atoms with E-state index in [1.807, 2.05) is 45.0 Å². The van der Waals surface area contributed by atoms with Gasteiger partial charge in [0.25, 0.3) is 0 Å². The Morgan fingerprint density at radius 3 is 2.33 bits per heavy atom. The lowest BCUT2D eigenvalue weighted by Gasteiger charge is -2.18. The van der Waals surface area contributed by atoms with Crippen LogP contribution in [0.2, 0.25) is 5.02 Å². The highest BCUT2D eigenvalue weighted by Gasteiger charge is 2.15. The maximum Gasteiger partial charge on any atom is 0.222 e. The van der Waals surface area contributed by atoms with Crippen LogP contribution in [-0.2, 0) is 4.79 Å². The van der Waals surface area contributed by atoms with Crippen LogP contribution in [0.4, 0.5) is 0 Å². The Morgan fingerprint density at radius 2 is 1.83 bits per heavy atom. The Balaban J connectivity index is 2.51. The second kappa shape index (κ2) is 6.76. The van der Waals surface area contributed by atoms with Crippen molar-refractivity contribution in [1.29, 1.82) is 0 Å². The van der Waals surface area contributed by atoms with Gasteiger partial charge in [0.1, 0.15) is 0 Å². The zero-order valence-corrected chi connectivity index (χ0v) is 11.9. The minimum Gasteiger partial charge on any atom is -0.350 e. The number of benzene rings is 1. The largest absolute Gasteiger partial charge is 0.350 e. The molecule has 0 fully saturated rings. The van der Waals surface area contributed by atoms with E-state index in [1.165, 1.54) is 0 Å². The molecular weight excluding hydrogens is 248 g/mol. The van der Waals surface area contributed by atoms with Crippen LogP contribution in [-0.4, -0.2) is 11.9 Å². The SMILES string of the molecule is CC(C)C(N)CC(=O)N[C@@H](C)c1ccc(Cl)cc1. The first-order chi connectivity index (χ1) is 8.40. The Morgan fingerprint density at radius 1 is 1.28 bits per heavy atom. The van der Waals surface area contributed by atoms with Gasteiger partial charge in [-0.25, -0.2) is 0 Å². The second-order valence-electron chi connectivity index (χ2n) is 4.95. The molecule has 0 heterocycles. The lowest BCUT2D eigenvalue weighted by atomic mass is 10.0. The van der Waals surface area contributed by atoms with Gasteiger partial charge in [-0.1, -0.05) is 37.6 Å². The highest BCUT2D eigenvalue weighted by atomic mass is 35.5. The van der Waals surface area contributed by atoms with Gasteiger partial charge in [0.05, 0.1) is 6.04 Å². The first-order valence-electron chi connectivity index (χ1n) is 6.20. The second-order valence-corrected chi connectivity index (χ2v) is 5.39. The molecule has 0 aliphatic carbocycles. The molecule has 0 aliphatic rings. The van der Waals surface area contributed by atoms with Crippen LogP contribution in [0, 0.1) is 5.92 Å². The molecular formula is C14H21ClN2O. The molecule has 3 nitrogen and oxygen atoms in total. The van der Waals surface area contributed by atoms with Gasteiger partial charge in [0, 0.05) is 17.5 Å². The minimum atomic E-state index is -0.0950. The fourth-order valence-electron chi connectivity index (χ4n) is 1.58. The third-order valence-corrected chi connectivity index (χ3v) is 3.28. The van der Waals surface area contributed by atoms with Crippen molar-refractivity contribution in [2.75, 3.05) is 0 Å². The Kier molecular flexibility index (Phi) is 5.63. The molecule has 1 unspecified atom stereocenters. The van der Waals surface area contributed by atoms with Crippen molar-refractivity contribution in [2.24, 2.45) is 11.7 Å². The lowest BCUT2D eigenvalue weighted by molar-refractivity contribution is -0.122. The van der Waals surface area contributed by atoms with Crippen molar-refractivity contribution < 1.29 is 4.79 Å². The molecule has 0 spiro atoms. The number of nitrogens with two attached hydrogens (primary N) is 1. The number of carbonyl (C=O) groups is 1. The first kappa shape index (κ1) is 15.0. The normalized spacial score (nSPS) is 14.3. The Labute approximate surface area is 114 Å². The minimum absolute atomic E-state index is 0.0151. The zero-order valence-electron chi connectivity index (χ0n) is 11.1. The molecule has 2 atom stereocenters. The van der Waals surface area contributed by atoms with Crippen molar-refractivity contribution >= 4 is 17.5 Å². The maximum atomic E-state index is 11.8. The number of halogens is 1. The highest BCUT2D eigenvalue weighted by molar-refractivity contribution is 6.30. The van der Waals surface area contributed by atoms with Crippen LogP contribution in [0.3, 0.4) is 0 Å². The van der Waals surface area contributed by atoms with Gasteiger partial charge in [0.15, 0.2) is 0 Å². The summed E-state index contributed by atoms with van der Waals surface area (Å²) in [5.74, 6) is 0.292. The van der Waals surface area contributed by atoms with E-state index in [-0.39, 0.29) is 18.0 Å². The maximum absolute atomic E-state index is 11.8. The van der Waals surface area contributed by atoms with Gasteiger partial charge in [-0.3, -0.25) is 4.79 Å². The summed E-state index contributed by atoms with van der Waals surface area (Å²) < 4.78 is 0. The number of nitrogens with one attached hydrogen (secondary N) is 1. The fourth-order valence-corrected chi connectivity index (χ4v) is 1.71. The van der Waals surface area contributed by atoms with Gasteiger partial charge in [-0.15, -0.1) is 0 Å². The molecule has 0 bridgehead atoms. The lowest BCUT2D eigenvalue weighted by Crippen LogP contribution is -2.35. The molecule has 4 heteroatoms. The third kappa shape index (κ3) is 4.67. The summed E-state index contributed by atoms with van der Waals surface area (Å²) in [6, 6.07) is 7.33. The van der Waals surface area contributed by atoms with E-state index in [1.54, 1.807) is 0 Å². The summed E-state index contributed by atoms with van der Waals surface area (Å²) in [6.45, 7) is 5.98. The van der Waals surface area contributed by atoms with E-state index in [9.17, 15) is 4.79 Å². The van der Waals surface area contributed by atoms with Crippen molar-refractivity contribution in [2.45, 2.75) is 39.3 Å². The van der Waals surface area contributed by atoms with Gasteiger partial charge in [0.2, 0.25) is 5.91 Å². The summed E-state index contributed by atoms with van der Waals surface area (Å²) in [7, 11) is 0. The summed E-state index contributed by atoms with van der Waals surface area (Å²) in [5.41, 5.74) is 6.91. The fraction of sp³-hybridized carbons (Fsp3) is 0.500. The molecule has 0 radical (unpaired) electrons. The molecule has 0 aliphatic heterocycles. The van der Waals surface area contributed by atoms with E-state index >= 15 is 0 Å². The molecule has 3 N–H and O–H groups in total. The quantitative estimate of drug-likeness (QED) is 0.863. The summed E-state index contributed by atoms with van der Waals surface area (Å²) in [5, 5.41) is 3.63. The van der Waals surface area contributed by atoms with Crippen LogP contribution in [0.15, 0.2) is 24.3 Å². The predicted octanol–water partition coefficient (Wildman–Crippen LogP) is 2.89. The molecule has 1 aromatic carbocycles. The predicted molar refractivity (Wildman–Crippen MR) is 75.4 cm³/mol. The zero-order chi connectivity index (χ0) is 13.7.